The van der Waals surface area contributed by atoms with Crippen molar-refractivity contribution in [3.05, 3.63) is 23.7 Å². The van der Waals surface area contributed by atoms with Crippen molar-refractivity contribution in [1.82, 2.24) is 29.7 Å². The lowest BCUT2D eigenvalue weighted by Crippen LogP contribution is -2.30. The lowest BCUT2D eigenvalue weighted by molar-refractivity contribution is -0.120. The molecule has 4 heterocycles. The number of aromatic nitrogens is 5. The van der Waals surface area contributed by atoms with Gasteiger partial charge in [-0.15, -0.1) is 5.10 Å². The number of hydrogen-bond acceptors (Lipinski definition) is 5. The smallest absolute Gasteiger partial charge is 0.253 e. The van der Waals surface area contributed by atoms with Gasteiger partial charge in [-0.25, -0.2) is 4.68 Å². The number of rotatable bonds is 4. The molecule has 2 aromatic rings. The Kier molecular flexibility index (Phi) is 3.84. The Balaban J connectivity index is 1.48. The molecule has 2 aliphatic rings. The topological polar surface area (TPSA) is 72.1 Å². The summed E-state index contributed by atoms with van der Waals surface area (Å²) in [5.74, 6) is 0.910. The average Bonchev–Trinajstić information content (AvgIpc) is 3.29. The largest absolute Gasteiger partial charge is 0.297 e. The molecule has 24 heavy (non-hydrogen) atoms. The van der Waals surface area contributed by atoms with Gasteiger partial charge in [-0.3, -0.25) is 19.3 Å². The molecule has 4 rings (SSSR count). The summed E-state index contributed by atoms with van der Waals surface area (Å²) in [6, 6.07) is 1.68. The van der Waals surface area contributed by atoms with Gasteiger partial charge in [0.1, 0.15) is 11.9 Å². The zero-order chi connectivity index (χ0) is 16.7. The maximum Gasteiger partial charge on any atom is 0.253 e. The Morgan fingerprint density at radius 3 is 2.75 bits per heavy atom. The van der Waals surface area contributed by atoms with Gasteiger partial charge in [0.15, 0.2) is 0 Å². The molecule has 0 bridgehead atoms. The average molecular weight is 329 g/mol. The predicted octanol–water partition coefficient (Wildman–Crippen LogP) is 0.894. The van der Waals surface area contributed by atoms with Gasteiger partial charge >= 0.3 is 0 Å². The molecule has 2 fully saturated rings. The van der Waals surface area contributed by atoms with Crippen molar-refractivity contribution in [1.29, 1.82) is 0 Å². The molecule has 2 aromatic heterocycles. The minimum atomic E-state index is -0.264. The minimum absolute atomic E-state index is 0.0654. The molecule has 0 N–H and O–H groups in total. The highest BCUT2D eigenvalue weighted by molar-refractivity contribution is 5.97. The van der Waals surface area contributed by atoms with E-state index in [-0.39, 0.29) is 11.9 Å². The van der Waals surface area contributed by atoms with Crippen LogP contribution in [0.15, 0.2) is 12.3 Å². The van der Waals surface area contributed by atoms with E-state index in [1.54, 1.807) is 14.3 Å². The van der Waals surface area contributed by atoms with E-state index in [2.05, 4.69) is 20.3 Å². The van der Waals surface area contributed by atoms with E-state index in [4.69, 9.17) is 0 Å². The van der Waals surface area contributed by atoms with Gasteiger partial charge in [-0.1, -0.05) is 5.21 Å². The first-order valence-corrected chi connectivity index (χ1v) is 8.57. The SMILES string of the molecule is Cc1cc(N2CCC(n3cc(CN4CCCC4)nn3)C2=O)n(C)n1. The Morgan fingerprint density at radius 1 is 1.25 bits per heavy atom. The molecule has 128 valence electrons. The van der Waals surface area contributed by atoms with Gasteiger partial charge in [0.2, 0.25) is 0 Å². The van der Waals surface area contributed by atoms with Crippen molar-refractivity contribution in [3.63, 3.8) is 0 Å². The molecular formula is C16H23N7O. The van der Waals surface area contributed by atoms with Crippen LogP contribution in [-0.4, -0.2) is 55.2 Å². The summed E-state index contributed by atoms with van der Waals surface area (Å²) in [7, 11) is 1.87. The Labute approximate surface area is 141 Å². The van der Waals surface area contributed by atoms with Gasteiger partial charge < -0.3 is 0 Å². The first kappa shape index (κ1) is 15.3. The quantitative estimate of drug-likeness (QED) is 0.833. The molecule has 0 spiro atoms. The second kappa shape index (κ2) is 6.01. The normalized spacial score (nSPS) is 22.0. The molecule has 8 heteroatoms. The first-order valence-electron chi connectivity index (χ1n) is 8.57. The van der Waals surface area contributed by atoms with Gasteiger partial charge in [-0.2, -0.15) is 5.10 Å². The molecule has 1 amide bonds. The zero-order valence-corrected chi connectivity index (χ0v) is 14.2. The summed E-state index contributed by atoms with van der Waals surface area (Å²) >= 11 is 0. The van der Waals surface area contributed by atoms with E-state index in [0.717, 1.165) is 43.3 Å². The van der Waals surface area contributed by atoms with Crippen LogP contribution in [0.25, 0.3) is 0 Å². The summed E-state index contributed by atoms with van der Waals surface area (Å²) in [6.07, 6.45) is 5.19. The van der Waals surface area contributed by atoms with Crippen LogP contribution in [0, 0.1) is 6.92 Å². The zero-order valence-electron chi connectivity index (χ0n) is 14.2. The van der Waals surface area contributed by atoms with E-state index in [1.807, 2.05) is 26.2 Å². The molecule has 1 atom stereocenters. The monoisotopic (exact) mass is 329 g/mol. The highest BCUT2D eigenvalue weighted by Gasteiger charge is 2.36. The summed E-state index contributed by atoms with van der Waals surface area (Å²) in [4.78, 5) is 17.0. The summed E-state index contributed by atoms with van der Waals surface area (Å²) in [5, 5.41) is 12.8. The number of carbonyl (C=O) groups excluding carboxylic acids is 1. The van der Waals surface area contributed by atoms with Crippen molar-refractivity contribution >= 4 is 11.7 Å². The molecule has 0 aromatic carbocycles. The summed E-state index contributed by atoms with van der Waals surface area (Å²) in [6.45, 7) is 5.70. The second-order valence-corrected chi connectivity index (χ2v) is 6.74. The molecule has 2 saturated heterocycles. The molecule has 1 unspecified atom stereocenters. The molecular weight excluding hydrogens is 306 g/mol. The van der Waals surface area contributed by atoms with E-state index in [0.29, 0.717) is 6.54 Å². The second-order valence-electron chi connectivity index (χ2n) is 6.74. The number of likely N-dealkylation sites (tertiary alicyclic amines) is 1. The Bertz CT molecular complexity index is 743. The van der Waals surface area contributed by atoms with Crippen LogP contribution in [0.2, 0.25) is 0 Å². The van der Waals surface area contributed by atoms with E-state index >= 15 is 0 Å². The molecule has 2 aliphatic heterocycles. The predicted molar refractivity (Wildman–Crippen MR) is 88.5 cm³/mol. The third kappa shape index (κ3) is 2.71. The number of amides is 1. The van der Waals surface area contributed by atoms with Gasteiger partial charge in [0.05, 0.1) is 17.6 Å². The summed E-state index contributed by atoms with van der Waals surface area (Å²) < 4.78 is 3.49. The third-order valence-electron chi connectivity index (χ3n) is 4.89. The highest BCUT2D eigenvalue weighted by atomic mass is 16.2. The Hall–Kier alpha value is -2.22. The number of nitrogens with zero attached hydrogens (tertiary/aromatic N) is 7. The number of aryl methyl sites for hydroxylation is 2. The maximum atomic E-state index is 12.8. The van der Waals surface area contributed by atoms with Gasteiger partial charge in [-0.05, 0) is 39.3 Å². The lowest BCUT2D eigenvalue weighted by Gasteiger charge is -2.16. The van der Waals surface area contributed by atoms with E-state index < -0.39 is 0 Å². The third-order valence-corrected chi connectivity index (χ3v) is 4.89. The van der Waals surface area contributed by atoms with Crippen LogP contribution in [0.4, 0.5) is 5.82 Å². The highest BCUT2D eigenvalue weighted by Crippen LogP contribution is 2.28. The van der Waals surface area contributed by atoms with Crippen molar-refractivity contribution in [2.45, 2.75) is 38.8 Å². The van der Waals surface area contributed by atoms with Crippen molar-refractivity contribution in [3.8, 4) is 0 Å². The molecule has 0 radical (unpaired) electrons. The maximum absolute atomic E-state index is 12.8. The van der Waals surface area contributed by atoms with Crippen molar-refractivity contribution < 1.29 is 4.79 Å². The van der Waals surface area contributed by atoms with Crippen LogP contribution >= 0.6 is 0 Å². The molecule has 0 aliphatic carbocycles. The lowest BCUT2D eigenvalue weighted by atomic mass is 10.2. The fourth-order valence-corrected chi connectivity index (χ4v) is 3.70. The van der Waals surface area contributed by atoms with Crippen molar-refractivity contribution in [2.75, 3.05) is 24.5 Å². The van der Waals surface area contributed by atoms with Gasteiger partial charge in [0, 0.05) is 26.2 Å². The number of carbonyl (C=O) groups is 1. The number of hydrogen-bond donors (Lipinski definition) is 0. The van der Waals surface area contributed by atoms with Crippen LogP contribution in [0.5, 0.6) is 0 Å². The van der Waals surface area contributed by atoms with Crippen LogP contribution in [-0.2, 0) is 18.4 Å². The van der Waals surface area contributed by atoms with Crippen LogP contribution in [0.3, 0.4) is 0 Å². The standard InChI is InChI=1S/C16H23N7O/c1-12-9-15(20(2)18-12)22-8-5-14(16(22)24)23-11-13(17-19-23)10-21-6-3-4-7-21/h9,11,14H,3-8,10H2,1-2H3. The summed E-state index contributed by atoms with van der Waals surface area (Å²) in [5.41, 5.74) is 1.86. The van der Waals surface area contributed by atoms with Crippen LogP contribution in [0.1, 0.15) is 36.7 Å². The fourth-order valence-electron chi connectivity index (χ4n) is 3.70. The fraction of sp³-hybridized carbons (Fsp3) is 0.625. The van der Waals surface area contributed by atoms with Crippen molar-refractivity contribution in [2.24, 2.45) is 7.05 Å². The molecule has 0 saturated carbocycles. The van der Waals surface area contributed by atoms with Gasteiger partial charge in [0.25, 0.3) is 5.91 Å². The Morgan fingerprint density at radius 2 is 2.04 bits per heavy atom. The van der Waals surface area contributed by atoms with E-state index in [9.17, 15) is 4.79 Å². The number of anilines is 1. The first-order chi connectivity index (χ1) is 11.6. The molecule has 8 nitrogen and oxygen atoms in total. The van der Waals surface area contributed by atoms with Crippen LogP contribution < -0.4 is 4.90 Å². The van der Waals surface area contributed by atoms with E-state index in [1.165, 1.54) is 12.8 Å². The minimum Gasteiger partial charge on any atom is -0.297 e.